The number of carbonyl (C=O) groups is 4. The van der Waals surface area contributed by atoms with Crippen molar-refractivity contribution >= 4 is 55.7 Å². The maximum Gasteiger partial charge on any atom is 0.340 e. The highest BCUT2D eigenvalue weighted by atomic mass is 79.9. The van der Waals surface area contributed by atoms with Crippen molar-refractivity contribution in [1.82, 2.24) is 0 Å². The van der Waals surface area contributed by atoms with Crippen LogP contribution in [0.1, 0.15) is 34.6 Å². The summed E-state index contributed by atoms with van der Waals surface area (Å²) >= 11 is 6.49. The maximum absolute atomic E-state index is 12.5. The minimum Gasteiger partial charge on any atom is -0.459 e. The number of esters is 4. The van der Waals surface area contributed by atoms with Crippen LogP contribution in [0.15, 0.2) is 45.4 Å². The van der Waals surface area contributed by atoms with Crippen molar-refractivity contribution in [2.75, 3.05) is 26.4 Å². The molecule has 0 radical (unpaired) electrons. The molecule has 0 aliphatic heterocycles. The Hall–Kier alpha value is -2.46. The monoisotopic (exact) mass is 546 g/mol. The Bertz CT molecular complexity index is 876. The minimum atomic E-state index is -0.824. The van der Waals surface area contributed by atoms with Crippen molar-refractivity contribution in [2.45, 2.75) is 13.8 Å². The van der Waals surface area contributed by atoms with Gasteiger partial charge in [-0.2, -0.15) is 0 Å². The van der Waals surface area contributed by atoms with Gasteiger partial charge in [-0.15, -0.1) is 0 Å². The number of hydrogen-bond donors (Lipinski definition) is 0. The molecule has 0 amide bonds. The molecule has 10 heteroatoms. The van der Waals surface area contributed by atoms with Crippen molar-refractivity contribution in [1.29, 1.82) is 0 Å². The van der Waals surface area contributed by atoms with Gasteiger partial charge < -0.3 is 18.9 Å². The zero-order valence-corrected chi connectivity index (χ0v) is 19.6. The van der Waals surface area contributed by atoms with E-state index in [1.807, 2.05) is 0 Å². The summed E-state index contributed by atoms with van der Waals surface area (Å²) < 4.78 is 20.6. The number of hydrogen-bond acceptors (Lipinski definition) is 8. The Balaban J connectivity index is 2.78. The number of rotatable bonds is 10. The molecule has 0 spiro atoms. The minimum absolute atomic E-state index is 0.0553. The van der Waals surface area contributed by atoms with Gasteiger partial charge in [0.25, 0.3) is 0 Å². The van der Waals surface area contributed by atoms with E-state index in [0.717, 1.165) is 0 Å². The largest absolute Gasteiger partial charge is 0.459 e. The van der Waals surface area contributed by atoms with Gasteiger partial charge in [-0.05, 0) is 57.8 Å². The molecular formula is C20H20Br2O8. The van der Waals surface area contributed by atoms with Gasteiger partial charge in [0, 0.05) is 20.1 Å². The third kappa shape index (κ3) is 7.75. The molecule has 0 saturated heterocycles. The predicted molar refractivity (Wildman–Crippen MR) is 114 cm³/mol. The van der Waals surface area contributed by atoms with E-state index >= 15 is 0 Å². The summed E-state index contributed by atoms with van der Waals surface area (Å²) in [5.74, 6) is -2.84. The standard InChI is InChI=1S/C20H20Br2O8/c1-11(2)17(23)27-7-9-29-19(25)13-5-6-14(21)16(22)15(13)20(26)30-10-8-28-18(24)12(3)4/h5-6H,1,3,7-10H2,2,4H3. The number of carbonyl (C=O) groups excluding carboxylic acids is 4. The summed E-state index contributed by atoms with van der Waals surface area (Å²) in [5.41, 5.74) is 0.312. The van der Waals surface area contributed by atoms with Gasteiger partial charge in [-0.1, -0.05) is 13.2 Å². The Kier molecular flexibility index (Phi) is 10.5. The summed E-state index contributed by atoms with van der Waals surface area (Å²) in [6.45, 7) is 9.10. The van der Waals surface area contributed by atoms with Gasteiger partial charge in [0.05, 0.1) is 11.1 Å². The van der Waals surface area contributed by atoms with Gasteiger partial charge in [0.2, 0.25) is 0 Å². The normalized spacial score (nSPS) is 10.0. The van der Waals surface area contributed by atoms with Crippen LogP contribution in [0.2, 0.25) is 0 Å². The molecule has 0 atom stereocenters. The highest BCUT2D eigenvalue weighted by molar-refractivity contribution is 9.13. The second-order valence-electron chi connectivity index (χ2n) is 5.89. The lowest BCUT2D eigenvalue weighted by molar-refractivity contribution is -0.140. The SMILES string of the molecule is C=C(C)C(=O)OCCOC(=O)c1ccc(Br)c(Br)c1C(=O)OCCOC(=O)C(=C)C. The van der Waals surface area contributed by atoms with Crippen molar-refractivity contribution in [2.24, 2.45) is 0 Å². The van der Waals surface area contributed by atoms with Gasteiger partial charge >= 0.3 is 23.9 Å². The first-order valence-electron chi connectivity index (χ1n) is 8.53. The summed E-state index contributed by atoms with van der Waals surface area (Å²) in [6, 6.07) is 2.93. The molecule has 0 aromatic heterocycles. The van der Waals surface area contributed by atoms with Crippen LogP contribution in [-0.4, -0.2) is 50.3 Å². The summed E-state index contributed by atoms with van der Waals surface area (Å²) in [7, 11) is 0. The van der Waals surface area contributed by atoms with Gasteiger partial charge in [-0.3, -0.25) is 0 Å². The van der Waals surface area contributed by atoms with E-state index in [4.69, 9.17) is 18.9 Å². The molecule has 1 rings (SSSR count). The van der Waals surface area contributed by atoms with Crippen molar-refractivity contribution < 1.29 is 38.1 Å². The van der Waals surface area contributed by atoms with Gasteiger partial charge in [-0.25, -0.2) is 19.2 Å². The lowest BCUT2D eigenvalue weighted by Gasteiger charge is -2.13. The van der Waals surface area contributed by atoms with E-state index in [0.29, 0.717) is 4.47 Å². The van der Waals surface area contributed by atoms with Crippen LogP contribution in [0.25, 0.3) is 0 Å². The first-order chi connectivity index (χ1) is 14.1. The molecule has 0 heterocycles. The lowest BCUT2D eigenvalue weighted by Crippen LogP contribution is -2.19. The number of ether oxygens (including phenoxy) is 4. The van der Waals surface area contributed by atoms with E-state index in [1.54, 1.807) is 6.07 Å². The van der Waals surface area contributed by atoms with Crippen molar-refractivity contribution in [3.8, 4) is 0 Å². The third-order valence-electron chi connectivity index (χ3n) is 3.32. The van der Waals surface area contributed by atoms with E-state index in [2.05, 4.69) is 45.0 Å². The molecule has 0 aliphatic carbocycles. The molecule has 0 unspecified atom stereocenters. The fourth-order valence-corrected chi connectivity index (χ4v) is 2.69. The smallest absolute Gasteiger partial charge is 0.340 e. The molecule has 0 aliphatic rings. The second kappa shape index (κ2) is 12.3. The fourth-order valence-electron chi connectivity index (χ4n) is 1.85. The molecule has 162 valence electrons. The molecule has 30 heavy (non-hydrogen) atoms. The van der Waals surface area contributed by atoms with E-state index in [1.165, 1.54) is 19.9 Å². The zero-order valence-electron chi connectivity index (χ0n) is 16.4. The molecule has 1 aromatic rings. The zero-order chi connectivity index (χ0) is 22.8. The van der Waals surface area contributed by atoms with Gasteiger partial charge in [0.15, 0.2) is 0 Å². The van der Waals surface area contributed by atoms with E-state index < -0.39 is 23.9 Å². The highest BCUT2D eigenvalue weighted by Gasteiger charge is 2.24. The lowest BCUT2D eigenvalue weighted by atomic mass is 10.1. The molecule has 1 aromatic carbocycles. The van der Waals surface area contributed by atoms with Gasteiger partial charge in [0.1, 0.15) is 26.4 Å². The first-order valence-corrected chi connectivity index (χ1v) is 10.1. The molecule has 0 bridgehead atoms. The van der Waals surface area contributed by atoms with Crippen LogP contribution >= 0.6 is 31.9 Å². The number of halogens is 2. The van der Waals surface area contributed by atoms with Crippen LogP contribution < -0.4 is 0 Å². The van der Waals surface area contributed by atoms with Crippen LogP contribution in [0.5, 0.6) is 0 Å². The Labute approximate surface area is 190 Å². The summed E-state index contributed by atoms with van der Waals surface area (Å²) in [4.78, 5) is 47.5. The second-order valence-corrected chi connectivity index (χ2v) is 7.54. The van der Waals surface area contributed by atoms with E-state index in [9.17, 15) is 19.2 Å². The van der Waals surface area contributed by atoms with Crippen LogP contribution in [0.3, 0.4) is 0 Å². The topological polar surface area (TPSA) is 105 Å². The average molecular weight is 548 g/mol. The Morgan fingerprint density at radius 2 is 1.20 bits per heavy atom. The highest BCUT2D eigenvalue weighted by Crippen LogP contribution is 2.30. The Morgan fingerprint density at radius 1 is 0.767 bits per heavy atom. The average Bonchev–Trinajstić information content (AvgIpc) is 2.69. The molecule has 0 fully saturated rings. The maximum atomic E-state index is 12.5. The van der Waals surface area contributed by atoms with E-state index in [-0.39, 0.29) is 53.2 Å². The molecule has 0 saturated carbocycles. The van der Waals surface area contributed by atoms with Crippen LogP contribution in [0, 0.1) is 0 Å². The molecule has 0 N–H and O–H groups in total. The number of benzene rings is 1. The fraction of sp³-hybridized carbons (Fsp3) is 0.300. The first kappa shape index (κ1) is 25.6. The molecule has 8 nitrogen and oxygen atoms in total. The quantitative estimate of drug-likeness (QED) is 0.189. The summed E-state index contributed by atoms with van der Waals surface area (Å²) in [6.07, 6.45) is 0. The van der Waals surface area contributed by atoms with Crippen molar-refractivity contribution in [3.05, 3.63) is 56.5 Å². The molecular weight excluding hydrogens is 528 g/mol. The van der Waals surface area contributed by atoms with Crippen LogP contribution in [0.4, 0.5) is 0 Å². The predicted octanol–water partition coefficient (Wildman–Crippen LogP) is 3.76. The Morgan fingerprint density at radius 3 is 1.67 bits per heavy atom. The van der Waals surface area contributed by atoms with Crippen molar-refractivity contribution in [3.63, 3.8) is 0 Å². The summed E-state index contributed by atoms with van der Waals surface area (Å²) in [5, 5.41) is 0. The third-order valence-corrected chi connectivity index (χ3v) is 5.33. The van der Waals surface area contributed by atoms with Crippen LogP contribution in [-0.2, 0) is 28.5 Å².